The Morgan fingerprint density at radius 2 is 1.86 bits per heavy atom. The number of ether oxygens (including phenoxy) is 3. The number of carbonyl (C=O) groups excluding carboxylic acids is 2. The quantitative estimate of drug-likeness (QED) is 0.412. The first-order chi connectivity index (χ1) is 13.8. The lowest BCUT2D eigenvalue weighted by atomic mass is 10.3. The molecule has 0 spiro atoms. The lowest BCUT2D eigenvalue weighted by Gasteiger charge is -2.18. The summed E-state index contributed by atoms with van der Waals surface area (Å²) in [6.07, 6.45) is 0. The Morgan fingerprint density at radius 1 is 1.14 bits per heavy atom. The first-order valence-electron chi connectivity index (χ1n) is 8.51. The minimum Gasteiger partial charge on any atom is -0.482 e. The summed E-state index contributed by atoms with van der Waals surface area (Å²) in [5.41, 5.74) is 0.445. The lowest BCUT2D eigenvalue weighted by molar-refractivity contribution is -0.150. The smallest absolute Gasteiger partial charge is 0.344 e. The minimum atomic E-state index is -3.62. The van der Waals surface area contributed by atoms with E-state index in [1.54, 1.807) is 35.7 Å². The van der Waals surface area contributed by atoms with Crippen LogP contribution in [0.3, 0.4) is 0 Å². The molecule has 0 atom stereocenters. The standard InChI is InChI=1S/C18H22N2O7S2/c1-20(29(23,24)18-4-3-11-28-18)14-5-7-15(8-6-14)26-13-17(22)27-12-16(21)19-9-10-25-2/h3-8,11H,9-10,12-13H2,1-2H3,(H,19,21). The zero-order chi connectivity index (χ0) is 21.3. The monoisotopic (exact) mass is 442 g/mol. The van der Waals surface area contributed by atoms with Gasteiger partial charge in [-0.1, -0.05) is 6.07 Å². The van der Waals surface area contributed by atoms with Crippen molar-refractivity contribution in [1.82, 2.24) is 5.32 Å². The number of thiophene rings is 1. The van der Waals surface area contributed by atoms with Gasteiger partial charge >= 0.3 is 5.97 Å². The van der Waals surface area contributed by atoms with E-state index >= 15 is 0 Å². The van der Waals surface area contributed by atoms with Crippen LogP contribution < -0.4 is 14.4 Å². The fraction of sp³-hybridized carbons (Fsp3) is 0.333. The molecular formula is C18H22N2O7S2. The van der Waals surface area contributed by atoms with Crippen molar-refractivity contribution >= 4 is 38.9 Å². The van der Waals surface area contributed by atoms with Crippen molar-refractivity contribution in [3.63, 3.8) is 0 Å². The molecule has 29 heavy (non-hydrogen) atoms. The van der Waals surface area contributed by atoms with E-state index in [1.807, 2.05) is 0 Å². The number of carbonyl (C=O) groups is 2. The third-order valence-corrected chi connectivity index (χ3v) is 6.82. The molecule has 0 fully saturated rings. The van der Waals surface area contributed by atoms with E-state index in [9.17, 15) is 18.0 Å². The highest BCUT2D eigenvalue weighted by Crippen LogP contribution is 2.26. The van der Waals surface area contributed by atoms with Crippen LogP contribution >= 0.6 is 11.3 Å². The van der Waals surface area contributed by atoms with Crippen LogP contribution in [0, 0.1) is 0 Å². The van der Waals surface area contributed by atoms with E-state index in [0.29, 0.717) is 24.6 Å². The van der Waals surface area contributed by atoms with Gasteiger partial charge < -0.3 is 19.5 Å². The van der Waals surface area contributed by atoms with E-state index in [2.05, 4.69) is 5.32 Å². The lowest BCUT2D eigenvalue weighted by Crippen LogP contribution is -2.32. The number of methoxy groups -OCH3 is 1. The maximum Gasteiger partial charge on any atom is 0.344 e. The summed E-state index contributed by atoms with van der Waals surface area (Å²) in [4.78, 5) is 23.1. The van der Waals surface area contributed by atoms with Crippen LogP contribution in [-0.2, 0) is 29.1 Å². The summed E-state index contributed by atoms with van der Waals surface area (Å²) in [6.45, 7) is -0.0980. The van der Waals surface area contributed by atoms with Crippen molar-refractivity contribution in [2.75, 3.05) is 44.8 Å². The zero-order valence-electron chi connectivity index (χ0n) is 16.0. The highest BCUT2D eigenvalue weighted by atomic mass is 32.2. The molecule has 0 aliphatic heterocycles. The molecule has 9 nitrogen and oxygen atoms in total. The Bertz CT molecular complexity index is 897. The second-order valence-corrected chi connectivity index (χ2v) is 8.83. The number of rotatable bonds is 11. The number of nitrogens with zero attached hydrogens (tertiary/aromatic N) is 1. The zero-order valence-corrected chi connectivity index (χ0v) is 17.6. The van der Waals surface area contributed by atoms with Crippen molar-refractivity contribution in [1.29, 1.82) is 0 Å². The predicted octanol–water partition coefficient (Wildman–Crippen LogP) is 1.26. The number of hydrogen-bond acceptors (Lipinski definition) is 8. The summed E-state index contributed by atoms with van der Waals surface area (Å²) in [7, 11) is -0.651. The SMILES string of the molecule is COCCNC(=O)COC(=O)COc1ccc(N(C)S(=O)(=O)c2cccs2)cc1. The molecule has 0 bridgehead atoms. The maximum atomic E-state index is 12.5. The van der Waals surface area contributed by atoms with Crippen molar-refractivity contribution in [2.24, 2.45) is 0 Å². The third kappa shape index (κ3) is 6.73. The number of sulfonamides is 1. The molecule has 1 aromatic carbocycles. The van der Waals surface area contributed by atoms with Gasteiger partial charge in [-0.05, 0) is 35.7 Å². The molecule has 1 N–H and O–H groups in total. The number of hydrogen-bond donors (Lipinski definition) is 1. The summed E-state index contributed by atoms with van der Waals surface area (Å²) in [6, 6.07) is 9.42. The number of nitrogens with one attached hydrogen (secondary N) is 1. The van der Waals surface area contributed by atoms with Crippen LogP contribution in [0.5, 0.6) is 5.75 Å². The molecule has 2 rings (SSSR count). The van der Waals surface area contributed by atoms with Crippen molar-refractivity contribution in [2.45, 2.75) is 4.21 Å². The second kappa shape index (κ2) is 10.8. The van der Waals surface area contributed by atoms with E-state index < -0.39 is 28.5 Å². The fourth-order valence-corrected chi connectivity index (χ4v) is 4.47. The molecular weight excluding hydrogens is 420 g/mol. The predicted molar refractivity (Wildman–Crippen MR) is 108 cm³/mol. The van der Waals surface area contributed by atoms with Gasteiger partial charge in [0, 0.05) is 20.7 Å². The molecule has 0 aliphatic rings. The molecule has 1 amide bonds. The average molecular weight is 443 g/mol. The topological polar surface area (TPSA) is 111 Å². The number of amides is 1. The van der Waals surface area contributed by atoms with Gasteiger partial charge in [0.15, 0.2) is 13.2 Å². The van der Waals surface area contributed by atoms with Gasteiger partial charge in [-0.3, -0.25) is 9.10 Å². The molecule has 0 saturated carbocycles. The largest absolute Gasteiger partial charge is 0.482 e. The molecule has 2 aromatic rings. The van der Waals surface area contributed by atoms with Gasteiger partial charge in [-0.2, -0.15) is 0 Å². The molecule has 0 saturated heterocycles. The Kier molecular flexibility index (Phi) is 8.43. The van der Waals surface area contributed by atoms with Gasteiger partial charge in [0.25, 0.3) is 15.9 Å². The van der Waals surface area contributed by atoms with E-state index in [-0.39, 0.29) is 10.8 Å². The maximum absolute atomic E-state index is 12.5. The van der Waals surface area contributed by atoms with Crippen LogP contribution in [0.2, 0.25) is 0 Å². The molecule has 1 aromatic heterocycles. The van der Waals surface area contributed by atoms with Crippen LogP contribution in [-0.4, -0.2) is 60.8 Å². The van der Waals surface area contributed by atoms with Crippen LogP contribution in [0.15, 0.2) is 46.0 Å². The first-order valence-corrected chi connectivity index (χ1v) is 10.8. The molecule has 1 heterocycles. The van der Waals surface area contributed by atoms with Gasteiger partial charge in [-0.15, -0.1) is 11.3 Å². The van der Waals surface area contributed by atoms with E-state index in [0.717, 1.165) is 11.3 Å². The Labute approximate surface area is 173 Å². The molecule has 0 radical (unpaired) electrons. The average Bonchev–Trinajstić information content (AvgIpc) is 3.26. The molecule has 0 unspecified atom stereocenters. The number of anilines is 1. The first kappa shape index (κ1) is 22.7. The van der Waals surface area contributed by atoms with Crippen molar-refractivity contribution < 1.29 is 32.2 Å². The van der Waals surface area contributed by atoms with Crippen molar-refractivity contribution in [3.8, 4) is 5.75 Å². The van der Waals surface area contributed by atoms with Gasteiger partial charge in [0.1, 0.15) is 9.96 Å². The van der Waals surface area contributed by atoms with E-state index in [1.165, 1.54) is 24.5 Å². The van der Waals surface area contributed by atoms with Gasteiger partial charge in [0.05, 0.1) is 12.3 Å². The fourth-order valence-electron chi connectivity index (χ4n) is 2.11. The number of esters is 1. The normalized spacial score (nSPS) is 11.0. The molecule has 0 aliphatic carbocycles. The van der Waals surface area contributed by atoms with Gasteiger partial charge in [-0.25, -0.2) is 13.2 Å². The number of benzene rings is 1. The molecule has 11 heteroatoms. The van der Waals surface area contributed by atoms with Crippen LogP contribution in [0.1, 0.15) is 0 Å². The Morgan fingerprint density at radius 3 is 2.48 bits per heavy atom. The third-order valence-electron chi connectivity index (χ3n) is 3.66. The summed E-state index contributed by atoms with van der Waals surface area (Å²) < 4.78 is 41.3. The van der Waals surface area contributed by atoms with Gasteiger partial charge in [0.2, 0.25) is 0 Å². The van der Waals surface area contributed by atoms with Crippen LogP contribution in [0.4, 0.5) is 5.69 Å². The van der Waals surface area contributed by atoms with Crippen LogP contribution in [0.25, 0.3) is 0 Å². The summed E-state index contributed by atoms with van der Waals surface area (Å²) in [5.74, 6) is -0.778. The second-order valence-electron chi connectivity index (χ2n) is 5.69. The minimum absolute atomic E-state index is 0.245. The highest BCUT2D eigenvalue weighted by molar-refractivity contribution is 7.94. The highest BCUT2D eigenvalue weighted by Gasteiger charge is 2.22. The Balaban J connectivity index is 1.82. The van der Waals surface area contributed by atoms with Crippen molar-refractivity contribution in [3.05, 3.63) is 41.8 Å². The summed E-state index contributed by atoms with van der Waals surface area (Å²) >= 11 is 1.14. The van der Waals surface area contributed by atoms with E-state index in [4.69, 9.17) is 14.2 Å². The Hall–Kier alpha value is -2.63. The summed E-state index contributed by atoms with van der Waals surface area (Å²) in [5, 5.41) is 4.21. The molecule has 158 valence electrons.